The zero-order valence-electron chi connectivity index (χ0n) is 11.5. The number of thiocarbonyl (C=S) groups is 1. The summed E-state index contributed by atoms with van der Waals surface area (Å²) in [6.07, 6.45) is 9.33. The Morgan fingerprint density at radius 3 is 2.61 bits per heavy atom. The van der Waals surface area contributed by atoms with Crippen LogP contribution in [0, 0.1) is 5.92 Å². The van der Waals surface area contributed by atoms with E-state index in [0.717, 1.165) is 30.8 Å². The van der Waals surface area contributed by atoms with Gasteiger partial charge in [-0.2, -0.15) is 0 Å². The Kier molecular flexibility index (Phi) is 5.70. The van der Waals surface area contributed by atoms with Gasteiger partial charge in [0.25, 0.3) is 0 Å². The lowest BCUT2D eigenvalue weighted by Gasteiger charge is -2.28. The highest BCUT2D eigenvalue weighted by Crippen LogP contribution is 2.28. The largest absolute Gasteiger partial charge is 0.379 e. The Labute approximate surface area is 116 Å². The standard InChI is InChI=1S/C14H26N2OS/c1-16(9-10-17-11-12-7-8-12)14(18)15-13-5-3-2-4-6-13/h12-13H,2-11H2,1H3,(H,15,18). The molecule has 0 saturated heterocycles. The topological polar surface area (TPSA) is 24.5 Å². The quantitative estimate of drug-likeness (QED) is 0.592. The fourth-order valence-electron chi connectivity index (χ4n) is 2.37. The molecular formula is C14H26N2OS. The Balaban J connectivity index is 1.54. The lowest BCUT2D eigenvalue weighted by molar-refractivity contribution is 0.115. The minimum atomic E-state index is 0.598. The van der Waals surface area contributed by atoms with Crippen LogP contribution in [-0.4, -0.2) is 42.9 Å². The van der Waals surface area contributed by atoms with Crippen molar-refractivity contribution in [3.05, 3.63) is 0 Å². The van der Waals surface area contributed by atoms with Crippen LogP contribution in [0.4, 0.5) is 0 Å². The SMILES string of the molecule is CN(CCOCC1CC1)C(=S)NC1CCCCC1. The highest BCUT2D eigenvalue weighted by molar-refractivity contribution is 7.80. The lowest BCUT2D eigenvalue weighted by Crippen LogP contribution is -2.44. The monoisotopic (exact) mass is 270 g/mol. The van der Waals surface area contributed by atoms with Crippen molar-refractivity contribution in [2.45, 2.75) is 51.0 Å². The molecule has 0 heterocycles. The Morgan fingerprint density at radius 1 is 1.22 bits per heavy atom. The number of rotatable bonds is 6. The van der Waals surface area contributed by atoms with Gasteiger partial charge < -0.3 is 15.0 Å². The van der Waals surface area contributed by atoms with Crippen molar-refractivity contribution < 1.29 is 4.74 Å². The second-order valence-electron chi connectivity index (χ2n) is 5.72. The van der Waals surface area contributed by atoms with Gasteiger partial charge in [0.05, 0.1) is 6.61 Å². The number of nitrogens with zero attached hydrogens (tertiary/aromatic N) is 1. The molecule has 0 aromatic heterocycles. The van der Waals surface area contributed by atoms with E-state index in [4.69, 9.17) is 17.0 Å². The zero-order chi connectivity index (χ0) is 12.8. The molecule has 3 nitrogen and oxygen atoms in total. The highest BCUT2D eigenvalue weighted by atomic mass is 32.1. The first-order chi connectivity index (χ1) is 8.75. The van der Waals surface area contributed by atoms with Crippen LogP contribution in [0.3, 0.4) is 0 Å². The summed E-state index contributed by atoms with van der Waals surface area (Å²) in [6.45, 7) is 2.63. The molecule has 18 heavy (non-hydrogen) atoms. The van der Waals surface area contributed by atoms with E-state index < -0.39 is 0 Å². The van der Waals surface area contributed by atoms with Crippen molar-refractivity contribution in [1.29, 1.82) is 0 Å². The fourth-order valence-corrected chi connectivity index (χ4v) is 2.63. The van der Waals surface area contributed by atoms with Gasteiger partial charge in [0, 0.05) is 26.2 Å². The third kappa shape index (κ3) is 5.11. The van der Waals surface area contributed by atoms with Gasteiger partial charge in [0.15, 0.2) is 5.11 Å². The molecule has 0 unspecified atom stereocenters. The number of likely N-dealkylation sites (N-methyl/N-ethyl adjacent to an activating group) is 1. The molecule has 0 aliphatic heterocycles. The molecule has 0 amide bonds. The van der Waals surface area contributed by atoms with E-state index in [-0.39, 0.29) is 0 Å². The Morgan fingerprint density at radius 2 is 1.94 bits per heavy atom. The molecule has 2 aliphatic carbocycles. The summed E-state index contributed by atoms with van der Waals surface area (Å²) < 4.78 is 5.64. The van der Waals surface area contributed by atoms with Crippen LogP contribution in [0.2, 0.25) is 0 Å². The molecule has 0 aromatic rings. The van der Waals surface area contributed by atoms with Crippen LogP contribution < -0.4 is 5.32 Å². The van der Waals surface area contributed by atoms with E-state index in [9.17, 15) is 0 Å². The van der Waals surface area contributed by atoms with Gasteiger partial charge in [-0.3, -0.25) is 0 Å². The van der Waals surface area contributed by atoms with E-state index in [1.165, 1.54) is 44.9 Å². The Hall–Kier alpha value is -0.350. The zero-order valence-corrected chi connectivity index (χ0v) is 12.3. The van der Waals surface area contributed by atoms with Crippen LogP contribution in [-0.2, 0) is 4.74 Å². The second-order valence-corrected chi connectivity index (χ2v) is 6.11. The fraction of sp³-hybridized carbons (Fsp3) is 0.929. The van der Waals surface area contributed by atoms with Crippen molar-refractivity contribution in [2.24, 2.45) is 5.92 Å². The Bertz CT molecular complexity index is 263. The minimum absolute atomic E-state index is 0.598. The summed E-state index contributed by atoms with van der Waals surface area (Å²) >= 11 is 5.43. The predicted molar refractivity (Wildman–Crippen MR) is 78.8 cm³/mol. The van der Waals surface area contributed by atoms with Gasteiger partial charge >= 0.3 is 0 Å². The third-order valence-corrected chi connectivity index (χ3v) is 4.33. The number of hydrogen-bond acceptors (Lipinski definition) is 2. The molecule has 2 aliphatic rings. The highest BCUT2D eigenvalue weighted by Gasteiger charge is 2.21. The van der Waals surface area contributed by atoms with Crippen molar-refractivity contribution >= 4 is 17.3 Å². The van der Waals surface area contributed by atoms with E-state index in [1.807, 2.05) is 0 Å². The second kappa shape index (κ2) is 7.29. The third-order valence-electron chi connectivity index (χ3n) is 3.90. The molecule has 0 aromatic carbocycles. The molecule has 1 N–H and O–H groups in total. The minimum Gasteiger partial charge on any atom is -0.379 e. The maximum atomic E-state index is 5.64. The normalized spacial score (nSPS) is 20.7. The first-order valence-electron chi connectivity index (χ1n) is 7.35. The van der Waals surface area contributed by atoms with Crippen LogP contribution >= 0.6 is 12.2 Å². The van der Waals surface area contributed by atoms with E-state index in [0.29, 0.717) is 6.04 Å². The van der Waals surface area contributed by atoms with Gasteiger partial charge in [0.2, 0.25) is 0 Å². The van der Waals surface area contributed by atoms with E-state index in [2.05, 4.69) is 17.3 Å². The molecule has 104 valence electrons. The summed E-state index contributed by atoms with van der Waals surface area (Å²) in [5.74, 6) is 0.850. The van der Waals surface area contributed by atoms with Gasteiger partial charge in [-0.25, -0.2) is 0 Å². The molecule has 0 radical (unpaired) electrons. The molecule has 0 atom stereocenters. The van der Waals surface area contributed by atoms with Gasteiger partial charge in [0.1, 0.15) is 0 Å². The lowest BCUT2D eigenvalue weighted by atomic mass is 9.96. The average Bonchev–Trinajstić information content (AvgIpc) is 3.19. The van der Waals surface area contributed by atoms with Crippen molar-refractivity contribution in [3.8, 4) is 0 Å². The number of hydrogen-bond donors (Lipinski definition) is 1. The molecule has 4 heteroatoms. The smallest absolute Gasteiger partial charge is 0.168 e. The first-order valence-corrected chi connectivity index (χ1v) is 7.76. The summed E-state index contributed by atoms with van der Waals surface area (Å²) in [5, 5.41) is 4.37. The van der Waals surface area contributed by atoms with Crippen molar-refractivity contribution in [2.75, 3.05) is 26.8 Å². The van der Waals surface area contributed by atoms with Crippen molar-refractivity contribution in [3.63, 3.8) is 0 Å². The maximum Gasteiger partial charge on any atom is 0.168 e. The van der Waals surface area contributed by atoms with Gasteiger partial charge in [-0.1, -0.05) is 19.3 Å². The molecular weight excluding hydrogens is 244 g/mol. The molecule has 0 bridgehead atoms. The van der Waals surface area contributed by atoms with Gasteiger partial charge in [-0.15, -0.1) is 0 Å². The average molecular weight is 270 g/mol. The summed E-state index contributed by atoms with van der Waals surface area (Å²) in [7, 11) is 2.05. The number of ether oxygens (including phenoxy) is 1. The van der Waals surface area contributed by atoms with Gasteiger partial charge in [-0.05, 0) is 43.8 Å². The summed E-state index contributed by atoms with van der Waals surface area (Å²) in [4.78, 5) is 2.11. The molecule has 2 fully saturated rings. The molecule has 2 saturated carbocycles. The first kappa shape index (κ1) is 14.1. The maximum absolute atomic E-state index is 5.64. The van der Waals surface area contributed by atoms with Crippen LogP contribution in [0.15, 0.2) is 0 Å². The molecule has 2 rings (SSSR count). The van der Waals surface area contributed by atoms with Crippen LogP contribution in [0.1, 0.15) is 44.9 Å². The summed E-state index contributed by atoms with van der Waals surface area (Å²) in [6, 6.07) is 0.598. The number of nitrogens with one attached hydrogen (secondary N) is 1. The van der Waals surface area contributed by atoms with Crippen molar-refractivity contribution in [1.82, 2.24) is 10.2 Å². The molecule has 0 spiro atoms. The van der Waals surface area contributed by atoms with E-state index in [1.54, 1.807) is 0 Å². The van der Waals surface area contributed by atoms with Crippen LogP contribution in [0.25, 0.3) is 0 Å². The van der Waals surface area contributed by atoms with Crippen LogP contribution in [0.5, 0.6) is 0 Å². The summed E-state index contributed by atoms with van der Waals surface area (Å²) in [5.41, 5.74) is 0. The predicted octanol–water partition coefficient (Wildman–Crippen LogP) is 2.55. The van der Waals surface area contributed by atoms with E-state index >= 15 is 0 Å².